The van der Waals surface area contributed by atoms with Gasteiger partial charge in [-0.05, 0) is 17.7 Å². The zero-order valence-electron chi connectivity index (χ0n) is 12.0. The molecule has 1 aromatic carbocycles. The monoisotopic (exact) mass is 327 g/mol. The molecule has 3 nitrogen and oxygen atoms in total. The second kappa shape index (κ2) is 11.2. The average molecular weight is 328 g/mol. The van der Waals surface area contributed by atoms with Crippen LogP contribution in [0.5, 0.6) is 0 Å². The Balaban J connectivity index is 0.000000267. The Morgan fingerprint density at radius 1 is 1.05 bits per heavy atom. The van der Waals surface area contributed by atoms with Gasteiger partial charge in [-0.25, -0.2) is 0 Å². The van der Waals surface area contributed by atoms with Gasteiger partial charge >= 0.3 is 0 Å². The standard InChI is InChI=1S/C11H16N2S.C4H9NS.CH4/c12-11-3-1-2-10(8-11)9-13-4-6-14-7-5-13;1-3-6-4-2-5-1;/h1-3,8H,4-7,9,12H2;5H,1-4H2;1H4. The smallest absolute Gasteiger partial charge is 0.0317 e. The normalized spacial score (nSPS) is 19.0. The Morgan fingerprint density at radius 2 is 1.71 bits per heavy atom. The Hall–Kier alpha value is -0.360. The van der Waals surface area contributed by atoms with Gasteiger partial charge in [0.25, 0.3) is 0 Å². The number of nitrogens with zero attached hydrogens (tertiary/aromatic N) is 1. The molecular weight excluding hydrogens is 298 g/mol. The fourth-order valence-corrected chi connectivity index (χ4v) is 3.98. The molecule has 2 aliphatic rings. The van der Waals surface area contributed by atoms with Gasteiger partial charge in [-0.2, -0.15) is 23.5 Å². The molecule has 3 N–H and O–H groups in total. The van der Waals surface area contributed by atoms with Crippen LogP contribution < -0.4 is 11.1 Å². The SMILES string of the molecule is C.C1CSCCN1.Nc1cccc(CN2CCSCC2)c1. The van der Waals surface area contributed by atoms with Gasteiger partial charge in [-0.3, -0.25) is 4.90 Å². The maximum atomic E-state index is 5.74. The van der Waals surface area contributed by atoms with Gasteiger partial charge in [0, 0.05) is 61.4 Å². The number of nitrogens with one attached hydrogen (secondary N) is 1. The van der Waals surface area contributed by atoms with Crippen molar-refractivity contribution in [3.05, 3.63) is 29.8 Å². The lowest BCUT2D eigenvalue weighted by atomic mass is 10.2. The van der Waals surface area contributed by atoms with E-state index in [9.17, 15) is 0 Å². The second-order valence-corrected chi connectivity index (χ2v) is 7.45. The van der Waals surface area contributed by atoms with E-state index in [1.165, 1.54) is 54.8 Å². The van der Waals surface area contributed by atoms with Crippen LogP contribution in [0.2, 0.25) is 0 Å². The third kappa shape index (κ3) is 8.00. The summed E-state index contributed by atoms with van der Waals surface area (Å²) in [6.07, 6.45) is 0. The molecule has 0 unspecified atom stereocenters. The minimum atomic E-state index is 0. The predicted molar refractivity (Wildman–Crippen MR) is 100 cm³/mol. The van der Waals surface area contributed by atoms with Crippen molar-refractivity contribution in [1.29, 1.82) is 0 Å². The highest BCUT2D eigenvalue weighted by molar-refractivity contribution is 7.99. The molecule has 5 heteroatoms. The van der Waals surface area contributed by atoms with E-state index in [2.05, 4.69) is 22.3 Å². The highest BCUT2D eigenvalue weighted by Crippen LogP contribution is 2.14. The lowest BCUT2D eigenvalue weighted by Crippen LogP contribution is -2.31. The zero-order valence-corrected chi connectivity index (χ0v) is 13.6. The van der Waals surface area contributed by atoms with Crippen LogP contribution in [0.25, 0.3) is 0 Å². The molecule has 0 saturated carbocycles. The Bertz CT molecular complexity index is 366. The zero-order chi connectivity index (χ0) is 14.0. The summed E-state index contributed by atoms with van der Waals surface area (Å²) in [5, 5.41) is 3.26. The minimum Gasteiger partial charge on any atom is -0.399 e. The van der Waals surface area contributed by atoms with Crippen LogP contribution in [0.1, 0.15) is 13.0 Å². The summed E-state index contributed by atoms with van der Waals surface area (Å²) >= 11 is 4.08. The van der Waals surface area contributed by atoms with Crippen molar-refractivity contribution >= 4 is 29.2 Å². The summed E-state index contributed by atoms with van der Waals surface area (Å²) in [7, 11) is 0. The van der Waals surface area contributed by atoms with Gasteiger partial charge in [-0.15, -0.1) is 0 Å². The number of anilines is 1. The van der Waals surface area contributed by atoms with Crippen LogP contribution in [0.3, 0.4) is 0 Å². The van der Waals surface area contributed by atoms with E-state index in [0.717, 1.165) is 12.2 Å². The molecule has 21 heavy (non-hydrogen) atoms. The van der Waals surface area contributed by atoms with Crippen LogP contribution in [0.15, 0.2) is 24.3 Å². The molecule has 2 fully saturated rings. The van der Waals surface area contributed by atoms with E-state index in [1.54, 1.807) is 0 Å². The quantitative estimate of drug-likeness (QED) is 0.818. The van der Waals surface area contributed by atoms with Crippen LogP contribution >= 0.6 is 23.5 Å². The molecule has 0 amide bonds. The summed E-state index contributed by atoms with van der Waals surface area (Å²) in [5.41, 5.74) is 7.94. The van der Waals surface area contributed by atoms with Crippen LogP contribution in [0.4, 0.5) is 5.69 Å². The van der Waals surface area contributed by atoms with E-state index < -0.39 is 0 Å². The molecule has 0 aromatic heterocycles. The summed E-state index contributed by atoms with van der Waals surface area (Å²) in [6.45, 7) is 5.89. The van der Waals surface area contributed by atoms with E-state index in [-0.39, 0.29) is 7.43 Å². The first-order chi connectivity index (χ1) is 9.84. The molecule has 120 valence electrons. The largest absolute Gasteiger partial charge is 0.399 e. The second-order valence-electron chi connectivity index (χ2n) is 5.00. The molecule has 0 atom stereocenters. The number of hydrogen-bond acceptors (Lipinski definition) is 5. The Kier molecular flexibility index (Phi) is 10.0. The number of nitrogens with two attached hydrogens (primary N) is 1. The number of thioether (sulfide) groups is 2. The van der Waals surface area contributed by atoms with Crippen molar-refractivity contribution in [1.82, 2.24) is 10.2 Å². The highest BCUT2D eigenvalue weighted by atomic mass is 32.2. The molecule has 0 aliphatic carbocycles. The maximum Gasteiger partial charge on any atom is 0.0317 e. The van der Waals surface area contributed by atoms with Crippen molar-refractivity contribution in [3.8, 4) is 0 Å². The summed E-state index contributed by atoms with van der Waals surface area (Å²) < 4.78 is 0. The van der Waals surface area contributed by atoms with Crippen molar-refractivity contribution in [2.45, 2.75) is 14.0 Å². The van der Waals surface area contributed by atoms with Crippen LogP contribution in [-0.4, -0.2) is 54.1 Å². The molecule has 0 spiro atoms. The van der Waals surface area contributed by atoms with Crippen molar-refractivity contribution < 1.29 is 0 Å². The highest BCUT2D eigenvalue weighted by Gasteiger charge is 2.10. The first kappa shape index (κ1) is 18.7. The van der Waals surface area contributed by atoms with Gasteiger partial charge in [0.05, 0.1) is 0 Å². The lowest BCUT2D eigenvalue weighted by Gasteiger charge is -2.26. The molecule has 2 heterocycles. The van der Waals surface area contributed by atoms with Crippen LogP contribution in [0, 0.1) is 0 Å². The number of hydrogen-bond donors (Lipinski definition) is 2. The molecule has 3 rings (SSSR count). The van der Waals surface area contributed by atoms with Gasteiger partial charge in [0.15, 0.2) is 0 Å². The van der Waals surface area contributed by atoms with Gasteiger partial charge < -0.3 is 11.1 Å². The topological polar surface area (TPSA) is 41.3 Å². The van der Waals surface area contributed by atoms with E-state index in [4.69, 9.17) is 5.73 Å². The number of nitrogen functional groups attached to an aromatic ring is 1. The van der Waals surface area contributed by atoms with Crippen molar-refractivity contribution in [2.75, 3.05) is 54.9 Å². The van der Waals surface area contributed by atoms with Gasteiger partial charge in [-0.1, -0.05) is 19.6 Å². The Labute approximate surface area is 138 Å². The first-order valence-electron chi connectivity index (χ1n) is 7.27. The average Bonchev–Trinajstić information content (AvgIpc) is 2.51. The van der Waals surface area contributed by atoms with Crippen molar-refractivity contribution in [3.63, 3.8) is 0 Å². The summed E-state index contributed by atoms with van der Waals surface area (Å²) in [4.78, 5) is 2.49. The fourth-order valence-electron chi connectivity index (χ4n) is 2.22. The minimum absolute atomic E-state index is 0. The molecule has 2 saturated heterocycles. The number of rotatable bonds is 2. The van der Waals surface area contributed by atoms with Crippen molar-refractivity contribution in [2.24, 2.45) is 0 Å². The maximum absolute atomic E-state index is 5.74. The van der Waals surface area contributed by atoms with E-state index >= 15 is 0 Å². The first-order valence-corrected chi connectivity index (χ1v) is 9.58. The van der Waals surface area contributed by atoms with E-state index in [1.807, 2.05) is 35.7 Å². The molecule has 0 radical (unpaired) electrons. The van der Waals surface area contributed by atoms with Gasteiger partial charge in [0.1, 0.15) is 0 Å². The molecule has 1 aromatic rings. The van der Waals surface area contributed by atoms with Gasteiger partial charge in [0.2, 0.25) is 0 Å². The molecule has 2 aliphatic heterocycles. The summed E-state index contributed by atoms with van der Waals surface area (Å²) in [6, 6.07) is 8.19. The fraction of sp³-hybridized carbons (Fsp3) is 0.625. The van der Waals surface area contributed by atoms with E-state index in [0.29, 0.717) is 0 Å². The lowest BCUT2D eigenvalue weighted by molar-refractivity contribution is 0.294. The molecule has 0 bridgehead atoms. The third-order valence-electron chi connectivity index (χ3n) is 3.31. The summed E-state index contributed by atoms with van der Waals surface area (Å²) in [5.74, 6) is 5.14. The molecular formula is C16H29N3S2. The predicted octanol–water partition coefficient (Wildman–Crippen LogP) is 2.78. The van der Waals surface area contributed by atoms with Crippen LogP contribution in [-0.2, 0) is 6.54 Å². The Morgan fingerprint density at radius 3 is 2.24 bits per heavy atom. The number of benzene rings is 1. The third-order valence-corrected chi connectivity index (χ3v) is 5.24.